The molecule has 2 fully saturated rings. The zero-order valence-electron chi connectivity index (χ0n) is 14.9. The van der Waals surface area contributed by atoms with E-state index in [-0.39, 0.29) is 18.0 Å². The summed E-state index contributed by atoms with van der Waals surface area (Å²) in [5.41, 5.74) is 0. The third-order valence-corrected chi connectivity index (χ3v) is 7.10. The first-order valence-electron chi connectivity index (χ1n) is 9.67. The van der Waals surface area contributed by atoms with E-state index in [0.717, 1.165) is 12.8 Å². The van der Waals surface area contributed by atoms with Gasteiger partial charge in [0.05, 0.1) is 0 Å². The summed E-state index contributed by atoms with van der Waals surface area (Å²) >= 11 is 0. The summed E-state index contributed by atoms with van der Waals surface area (Å²) in [5.74, 6) is 3.14. The van der Waals surface area contributed by atoms with Gasteiger partial charge in [0.25, 0.3) is 0 Å². The van der Waals surface area contributed by atoms with Crippen molar-refractivity contribution in [2.24, 2.45) is 35.5 Å². The van der Waals surface area contributed by atoms with Crippen molar-refractivity contribution in [3.8, 4) is 0 Å². The lowest BCUT2D eigenvalue weighted by atomic mass is 9.63. The molecular formula is C21H30O3. The maximum atomic E-state index is 13.4. The van der Waals surface area contributed by atoms with Crippen LogP contribution in [0, 0.1) is 35.5 Å². The van der Waals surface area contributed by atoms with Crippen LogP contribution in [0.1, 0.15) is 38.5 Å². The summed E-state index contributed by atoms with van der Waals surface area (Å²) in [6.07, 6.45) is 15.9. The molecule has 2 saturated carbocycles. The lowest BCUT2D eigenvalue weighted by Gasteiger charge is -2.44. The fourth-order valence-corrected chi connectivity index (χ4v) is 5.81. The van der Waals surface area contributed by atoms with Crippen molar-refractivity contribution in [3.63, 3.8) is 0 Å². The van der Waals surface area contributed by atoms with Crippen molar-refractivity contribution in [1.29, 1.82) is 0 Å². The lowest BCUT2D eigenvalue weighted by Crippen LogP contribution is -2.49. The van der Waals surface area contributed by atoms with Crippen LogP contribution in [0.25, 0.3) is 0 Å². The van der Waals surface area contributed by atoms with E-state index in [1.54, 1.807) is 14.2 Å². The van der Waals surface area contributed by atoms with Crippen molar-refractivity contribution in [2.45, 2.75) is 50.7 Å². The largest absolute Gasteiger partial charge is 0.373 e. The highest BCUT2D eigenvalue weighted by Crippen LogP contribution is 2.46. The number of Topliss-reactive ketones (excluding diaryl/α,β-unsaturated/α-hetero) is 1. The quantitative estimate of drug-likeness (QED) is 0.695. The minimum Gasteiger partial charge on any atom is -0.373 e. The Labute approximate surface area is 145 Å². The Morgan fingerprint density at radius 3 is 1.50 bits per heavy atom. The SMILES string of the molecule is COC(C(=O)C(OC)C1CC2C=CC1CC2)C1CC2C=CC1CC2. The Balaban J connectivity index is 1.52. The number of carbonyl (C=O) groups is 1. The second-order valence-electron chi connectivity index (χ2n) is 8.29. The van der Waals surface area contributed by atoms with Gasteiger partial charge < -0.3 is 9.47 Å². The van der Waals surface area contributed by atoms with Gasteiger partial charge in [-0.2, -0.15) is 0 Å². The predicted octanol–water partition coefficient (Wildman–Crippen LogP) is 3.79. The summed E-state index contributed by atoms with van der Waals surface area (Å²) in [5, 5.41) is 0. The fraction of sp³-hybridized carbons (Fsp3) is 0.762. The monoisotopic (exact) mass is 330 g/mol. The third kappa shape index (κ3) is 2.80. The van der Waals surface area contributed by atoms with Crippen LogP contribution in [-0.2, 0) is 14.3 Å². The first-order chi connectivity index (χ1) is 11.7. The van der Waals surface area contributed by atoms with Crippen LogP contribution in [-0.4, -0.2) is 32.2 Å². The normalized spacial score (nSPS) is 42.2. The van der Waals surface area contributed by atoms with Gasteiger partial charge in [0.2, 0.25) is 0 Å². The Hall–Kier alpha value is -0.930. The van der Waals surface area contributed by atoms with E-state index >= 15 is 0 Å². The van der Waals surface area contributed by atoms with E-state index in [2.05, 4.69) is 24.3 Å². The van der Waals surface area contributed by atoms with Gasteiger partial charge in [-0.3, -0.25) is 4.79 Å². The van der Waals surface area contributed by atoms with Gasteiger partial charge in [-0.1, -0.05) is 24.3 Å². The predicted molar refractivity (Wildman–Crippen MR) is 93.5 cm³/mol. The number of ether oxygens (including phenoxy) is 2. The first-order valence-corrected chi connectivity index (χ1v) is 9.67. The molecule has 0 radical (unpaired) electrons. The average molecular weight is 330 g/mol. The smallest absolute Gasteiger partial charge is 0.190 e. The Kier molecular flexibility index (Phi) is 4.66. The molecule has 0 aromatic rings. The maximum absolute atomic E-state index is 13.4. The van der Waals surface area contributed by atoms with E-state index in [0.29, 0.717) is 35.5 Å². The highest BCUT2D eigenvalue weighted by molar-refractivity contribution is 5.88. The molecule has 0 aliphatic heterocycles. The molecule has 8 atom stereocenters. The Morgan fingerprint density at radius 2 is 1.25 bits per heavy atom. The summed E-state index contributed by atoms with van der Waals surface area (Å²) in [6, 6.07) is 0. The number of allylic oxidation sites excluding steroid dienone is 4. The molecule has 4 bridgehead atoms. The highest BCUT2D eigenvalue weighted by Gasteiger charge is 2.46. The van der Waals surface area contributed by atoms with Crippen molar-refractivity contribution in [1.82, 2.24) is 0 Å². The van der Waals surface area contributed by atoms with Gasteiger partial charge in [-0.25, -0.2) is 0 Å². The van der Waals surface area contributed by atoms with Gasteiger partial charge in [0.1, 0.15) is 12.2 Å². The van der Waals surface area contributed by atoms with Crippen molar-refractivity contribution >= 4 is 5.78 Å². The van der Waals surface area contributed by atoms with Crippen LogP contribution >= 0.6 is 0 Å². The van der Waals surface area contributed by atoms with Gasteiger partial charge in [-0.15, -0.1) is 0 Å². The number of hydrogen-bond acceptors (Lipinski definition) is 3. The molecule has 8 unspecified atom stereocenters. The van der Waals surface area contributed by atoms with Gasteiger partial charge in [-0.05, 0) is 74.0 Å². The Morgan fingerprint density at radius 1 is 0.792 bits per heavy atom. The molecule has 0 aromatic carbocycles. The summed E-state index contributed by atoms with van der Waals surface area (Å²) in [4.78, 5) is 13.4. The van der Waals surface area contributed by atoms with Crippen LogP contribution < -0.4 is 0 Å². The molecule has 6 rings (SSSR count). The minimum absolute atomic E-state index is 0.192. The summed E-state index contributed by atoms with van der Waals surface area (Å²) in [7, 11) is 3.41. The molecule has 0 spiro atoms. The van der Waals surface area contributed by atoms with E-state index in [4.69, 9.17) is 9.47 Å². The molecular weight excluding hydrogens is 300 g/mol. The molecule has 6 aliphatic carbocycles. The highest BCUT2D eigenvalue weighted by atomic mass is 16.5. The zero-order chi connectivity index (χ0) is 16.7. The third-order valence-electron chi connectivity index (χ3n) is 7.10. The van der Waals surface area contributed by atoms with Crippen LogP contribution in [0.2, 0.25) is 0 Å². The van der Waals surface area contributed by atoms with Crippen LogP contribution in [0.15, 0.2) is 24.3 Å². The van der Waals surface area contributed by atoms with Crippen molar-refractivity contribution in [2.75, 3.05) is 14.2 Å². The first kappa shape index (κ1) is 16.5. The number of hydrogen-bond donors (Lipinski definition) is 0. The molecule has 3 nitrogen and oxygen atoms in total. The molecule has 0 heterocycles. The van der Waals surface area contributed by atoms with Gasteiger partial charge >= 0.3 is 0 Å². The van der Waals surface area contributed by atoms with Gasteiger partial charge in [0, 0.05) is 14.2 Å². The molecule has 132 valence electrons. The second kappa shape index (κ2) is 6.76. The molecule has 6 aliphatic rings. The molecule has 0 saturated heterocycles. The topological polar surface area (TPSA) is 35.5 Å². The van der Waals surface area contributed by atoms with Gasteiger partial charge in [0.15, 0.2) is 5.78 Å². The van der Waals surface area contributed by atoms with E-state index in [1.165, 1.54) is 25.7 Å². The summed E-state index contributed by atoms with van der Waals surface area (Å²) in [6.45, 7) is 0. The molecule has 0 N–H and O–H groups in total. The Bertz CT molecular complexity index is 491. The van der Waals surface area contributed by atoms with Crippen LogP contribution in [0.5, 0.6) is 0 Å². The molecule has 24 heavy (non-hydrogen) atoms. The number of rotatable bonds is 6. The molecule has 3 heteroatoms. The summed E-state index contributed by atoms with van der Waals surface area (Å²) < 4.78 is 11.6. The van der Waals surface area contributed by atoms with E-state index in [9.17, 15) is 4.79 Å². The molecule has 0 amide bonds. The van der Waals surface area contributed by atoms with Crippen LogP contribution in [0.3, 0.4) is 0 Å². The average Bonchev–Trinajstić information content (AvgIpc) is 2.65. The number of fused-ring (bicyclic) bond motifs is 4. The van der Waals surface area contributed by atoms with Crippen LogP contribution in [0.4, 0.5) is 0 Å². The molecule has 0 aromatic heterocycles. The van der Waals surface area contributed by atoms with E-state index in [1.807, 2.05) is 0 Å². The lowest BCUT2D eigenvalue weighted by molar-refractivity contribution is -0.150. The van der Waals surface area contributed by atoms with Crippen molar-refractivity contribution < 1.29 is 14.3 Å². The number of methoxy groups -OCH3 is 2. The second-order valence-corrected chi connectivity index (χ2v) is 8.29. The number of ketones is 1. The van der Waals surface area contributed by atoms with Crippen molar-refractivity contribution in [3.05, 3.63) is 24.3 Å². The zero-order valence-corrected chi connectivity index (χ0v) is 14.9. The van der Waals surface area contributed by atoms with E-state index < -0.39 is 0 Å². The number of carbonyl (C=O) groups excluding carboxylic acids is 1. The minimum atomic E-state index is -0.308. The maximum Gasteiger partial charge on any atom is 0.190 e. The fourth-order valence-electron chi connectivity index (χ4n) is 5.81. The standard InChI is InChI=1S/C21H30O3/c1-23-20(17-11-13-3-7-15(17)8-4-13)19(22)21(24-2)18-12-14-5-9-16(18)10-6-14/h3,5,7,9,13-18,20-21H,4,6,8,10-12H2,1-2H3.